The summed E-state index contributed by atoms with van der Waals surface area (Å²) in [6, 6.07) is 15.3. The van der Waals surface area contributed by atoms with E-state index in [4.69, 9.17) is 11.6 Å². The van der Waals surface area contributed by atoms with Crippen molar-refractivity contribution >= 4 is 17.3 Å². The molecular formula is C18H20ClN. The number of hydrogen-bond acceptors (Lipinski definition) is 1. The first-order chi connectivity index (χ1) is 9.65. The molecule has 0 aliphatic heterocycles. The second kappa shape index (κ2) is 5.49. The monoisotopic (exact) mass is 285 g/mol. The predicted octanol–water partition coefficient (Wildman–Crippen LogP) is 5.52. The Morgan fingerprint density at radius 3 is 2.35 bits per heavy atom. The maximum absolute atomic E-state index is 6.35. The molecule has 1 aliphatic carbocycles. The quantitative estimate of drug-likeness (QED) is 0.780. The van der Waals surface area contributed by atoms with Crippen molar-refractivity contribution < 1.29 is 0 Å². The number of halogens is 1. The van der Waals surface area contributed by atoms with E-state index < -0.39 is 0 Å². The summed E-state index contributed by atoms with van der Waals surface area (Å²) >= 11 is 6.35. The SMILES string of the molecule is Cc1ccc(C(Nc2c(C)cccc2Cl)C2CC2)cc1. The van der Waals surface area contributed by atoms with Gasteiger partial charge < -0.3 is 5.32 Å². The van der Waals surface area contributed by atoms with Crippen LogP contribution in [0.15, 0.2) is 42.5 Å². The molecule has 1 unspecified atom stereocenters. The summed E-state index contributed by atoms with van der Waals surface area (Å²) < 4.78 is 0. The molecule has 2 aromatic carbocycles. The number of rotatable bonds is 4. The van der Waals surface area contributed by atoms with Gasteiger partial charge >= 0.3 is 0 Å². The van der Waals surface area contributed by atoms with Gasteiger partial charge in [-0.15, -0.1) is 0 Å². The standard InChI is InChI=1S/C18H20ClN/c1-12-6-8-14(9-7-12)18(15-10-11-15)20-17-13(2)4-3-5-16(17)19/h3-9,15,18,20H,10-11H2,1-2H3. The second-order valence-corrected chi connectivity index (χ2v) is 6.21. The molecule has 20 heavy (non-hydrogen) atoms. The van der Waals surface area contributed by atoms with Crippen LogP contribution in [-0.4, -0.2) is 0 Å². The number of hydrogen-bond donors (Lipinski definition) is 1. The largest absolute Gasteiger partial charge is 0.377 e. The first kappa shape index (κ1) is 13.5. The Morgan fingerprint density at radius 2 is 1.75 bits per heavy atom. The molecule has 0 heterocycles. The van der Waals surface area contributed by atoms with Gasteiger partial charge in [0.25, 0.3) is 0 Å². The summed E-state index contributed by atoms with van der Waals surface area (Å²) in [6.07, 6.45) is 2.60. The lowest BCUT2D eigenvalue weighted by atomic mass is 10.00. The highest BCUT2D eigenvalue weighted by Crippen LogP contribution is 2.44. The minimum atomic E-state index is 0.370. The van der Waals surface area contributed by atoms with Crippen LogP contribution in [-0.2, 0) is 0 Å². The van der Waals surface area contributed by atoms with Gasteiger partial charge in [0.1, 0.15) is 0 Å². The molecule has 0 amide bonds. The summed E-state index contributed by atoms with van der Waals surface area (Å²) in [5, 5.41) is 4.49. The van der Waals surface area contributed by atoms with Crippen LogP contribution in [0.3, 0.4) is 0 Å². The fourth-order valence-corrected chi connectivity index (χ4v) is 2.92. The molecule has 1 atom stereocenters. The zero-order valence-corrected chi connectivity index (χ0v) is 12.7. The van der Waals surface area contributed by atoms with Crippen molar-refractivity contribution in [2.75, 3.05) is 5.32 Å². The molecule has 0 saturated heterocycles. The summed E-state index contributed by atoms with van der Waals surface area (Å²) in [5.41, 5.74) is 4.94. The normalized spacial score (nSPS) is 15.9. The van der Waals surface area contributed by atoms with Gasteiger partial charge in [0, 0.05) is 0 Å². The predicted molar refractivity (Wildman–Crippen MR) is 86.5 cm³/mol. The highest BCUT2D eigenvalue weighted by molar-refractivity contribution is 6.33. The van der Waals surface area contributed by atoms with Crippen LogP contribution in [0, 0.1) is 19.8 Å². The molecule has 1 N–H and O–H groups in total. The van der Waals surface area contributed by atoms with Gasteiger partial charge in [0.05, 0.1) is 16.8 Å². The zero-order valence-electron chi connectivity index (χ0n) is 12.0. The molecule has 0 bridgehead atoms. The van der Waals surface area contributed by atoms with Gasteiger partial charge in [-0.1, -0.05) is 53.6 Å². The molecular weight excluding hydrogens is 266 g/mol. The topological polar surface area (TPSA) is 12.0 Å². The van der Waals surface area contributed by atoms with Crippen LogP contribution < -0.4 is 5.32 Å². The first-order valence-electron chi connectivity index (χ1n) is 7.23. The molecule has 0 aromatic heterocycles. The third kappa shape index (κ3) is 2.83. The Morgan fingerprint density at radius 1 is 1.05 bits per heavy atom. The van der Waals surface area contributed by atoms with Crippen LogP contribution in [0.4, 0.5) is 5.69 Å². The van der Waals surface area contributed by atoms with Crippen molar-refractivity contribution in [3.8, 4) is 0 Å². The van der Waals surface area contributed by atoms with Gasteiger partial charge in [-0.3, -0.25) is 0 Å². The molecule has 0 spiro atoms. The smallest absolute Gasteiger partial charge is 0.0640 e. The molecule has 1 aliphatic rings. The summed E-state index contributed by atoms with van der Waals surface area (Å²) in [5.74, 6) is 0.730. The minimum absolute atomic E-state index is 0.370. The molecule has 0 radical (unpaired) electrons. The van der Waals surface area contributed by atoms with E-state index in [2.05, 4.69) is 49.5 Å². The van der Waals surface area contributed by atoms with E-state index in [-0.39, 0.29) is 0 Å². The first-order valence-corrected chi connectivity index (χ1v) is 7.61. The van der Waals surface area contributed by atoms with Crippen LogP contribution in [0.2, 0.25) is 5.02 Å². The highest BCUT2D eigenvalue weighted by Gasteiger charge is 2.32. The van der Waals surface area contributed by atoms with Crippen LogP contribution >= 0.6 is 11.6 Å². The Hall–Kier alpha value is -1.47. The summed E-state index contributed by atoms with van der Waals surface area (Å²) in [4.78, 5) is 0. The Balaban J connectivity index is 1.90. The third-order valence-corrected chi connectivity index (χ3v) is 4.37. The molecule has 1 nitrogen and oxygen atoms in total. The maximum Gasteiger partial charge on any atom is 0.0640 e. The number of benzene rings is 2. The Labute approximate surface area is 126 Å². The lowest BCUT2D eigenvalue weighted by molar-refractivity contribution is 0.678. The zero-order chi connectivity index (χ0) is 14.1. The fraction of sp³-hybridized carbons (Fsp3) is 0.333. The lowest BCUT2D eigenvalue weighted by Gasteiger charge is -2.22. The summed E-state index contributed by atoms with van der Waals surface area (Å²) in [7, 11) is 0. The number of aryl methyl sites for hydroxylation is 2. The Kier molecular flexibility index (Phi) is 3.71. The van der Waals surface area contributed by atoms with Crippen molar-refractivity contribution in [2.45, 2.75) is 32.7 Å². The van der Waals surface area contributed by atoms with Gasteiger partial charge in [0.2, 0.25) is 0 Å². The fourth-order valence-electron chi connectivity index (χ4n) is 2.65. The van der Waals surface area contributed by atoms with Crippen LogP contribution in [0.25, 0.3) is 0 Å². The van der Waals surface area contributed by atoms with E-state index in [0.717, 1.165) is 16.6 Å². The molecule has 1 fully saturated rings. The average molecular weight is 286 g/mol. The molecule has 1 saturated carbocycles. The number of para-hydroxylation sites is 1. The van der Waals surface area contributed by atoms with E-state index in [9.17, 15) is 0 Å². The van der Waals surface area contributed by atoms with Gasteiger partial charge in [-0.25, -0.2) is 0 Å². The lowest BCUT2D eigenvalue weighted by Crippen LogP contribution is -2.14. The van der Waals surface area contributed by atoms with Crippen molar-refractivity contribution in [2.24, 2.45) is 5.92 Å². The second-order valence-electron chi connectivity index (χ2n) is 5.80. The van der Waals surface area contributed by atoms with Crippen molar-refractivity contribution in [1.29, 1.82) is 0 Å². The highest BCUT2D eigenvalue weighted by atomic mass is 35.5. The number of nitrogens with one attached hydrogen (secondary N) is 1. The van der Waals surface area contributed by atoms with Crippen LogP contribution in [0.1, 0.15) is 35.6 Å². The Bertz CT molecular complexity index is 579. The van der Waals surface area contributed by atoms with E-state index in [0.29, 0.717) is 6.04 Å². The molecule has 104 valence electrons. The van der Waals surface area contributed by atoms with Crippen molar-refractivity contribution in [1.82, 2.24) is 0 Å². The van der Waals surface area contributed by atoms with E-state index in [1.54, 1.807) is 0 Å². The minimum Gasteiger partial charge on any atom is -0.377 e. The van der Waals surface area contributed by atoms with E-state index in [1.807, 2.05) is 12.1 Å². The van der Waals surface area contributed by atoms with E-state index in [1.165, 1.54) is 29.5 Å². The van der Waals surface area contributed by atoms with Crippen molar-refractivity contribution in [3.05, 3.63) is 64.2 Å². The van der Waals surface area contributed by atoms with Crippen molar-refractivity contribution in [3.63, 3.8) is 0 Å². The van der Waals surface area contributed by atoms with Gasteiger partial charge in [0.15, 0.2) is 0 Å². The third-order valence-electron chi connectivity index (χ3n) is 4.05. The van der Waals surface area contributed by atoms with E-state index >= 15 is 0 Å². The summed E-state index contributed by atoms with van der Waals surface area (Å²) in [6.45, 7) is 4.23. The van der Waals surface area contributed by atoms with Gasteiger partial charge in [-0.2, -0.15) is 0 Å². The number of anilines is 1. The average Bonchev–Trinajstić information content (AvgIpc) is 3.24. The molecule has 2 heteroatoms. The molecule has 2 aromatic rings. The maximum atomic E-state index is 6.35. The molecule has 3 rings (SSSR count). The van der Waals surface area contributed by atoms with Crippen LogP contribution in [0.5, 0.6) is 0 Å². The van der Waals surface area contributed by atoms with Gasteiger partial charge in [-0.05, 0) is 49.8 Å².